The van der Waals surface area contributed by atoms with Crippen molar-refractivity contribution in [2.45, 2.75) is 0 Å². The Morgan fingerprint density at radius 3 is 2.33 bits per heavy atom. The quantitative estimate of drug-likeness (QED) is 0.593. The molecule has 2 aromatic rings. The van der Waals surface area contributed by atoms with E-state index in [1.54, 1.807) is 30.3 Å². The second kappa shape index (κ2) is 6.95. The minimum absolute atomic E-state index is 0.0543. The standard InChI is InChI=1S/C16H18N4O4/c1-17-14-13(15(23)19(3)16(24)18(14)2)20(10-21)9-12(22)11-7-5-4-6-8-11/h4-8,10,17H,9H2,1-3H3. The van der Waals surface area contributed by atoms with Crippen LogP contribution in [0.3, 0.4) is 0 Å². The molecule has 1 aromatic heterocycles. The van der Waals surface area contributed by atoms with Gasteiger partial charge < -0.3 is 5.32 Å². The number of ketones is 1. The molecular formula is C16H18N4O4. The Morgan fingerprint density at radius 1 is 1.17 bits per heavy atom. The van der Waals surface area contributed by atoms with Crippen LogP contribution in [0.1, 0.15) is 10.4 Å². The molecule has 1 amide bonds. The summed E-state index contributed by atoms with van der Waals surface area (Å²) in [5.74, 6) is -0.156. The molecule has 0 saturated heterocycles. The zero-order valence-electron chi connectivity index (χ0n) is 13.6. The van der Waals surface area contributed by atoms with Crippen LogP contribution in [0.5, 0.6) is 0 Å². The molecule has 2 rings (SSSR count). The summed E-state index contributed by atoms with van der Waals surface area (Å²) >= 11 is 0. The molecule has 1 heterocycles. The first-order valence-corrected chi connectivity index (χ1v) is 7.20. The molecule has 1 aromatic carbocycles. The first-order valence-electron chi connectivity index (χ1n) is 7.20. The Balaban J connectivity index is 2.52. The van der Waals surface area contributed by atoms with Gasteiger partial charge in [0.25, 0.3) is 5.56 Å². The maximum atomic E-state index is 12.4. The van der Waals surface area contributed by atoms with Gasteiger partial charge in [-0.05, 0) is 0 Å². The van der Waals surface area contributed by atoms with E-state index in [0.29, 0.717) is 12.0 Å². The highest BCUT2D eigenvalue weighted by Gasteiger charge is 2.22. The van der Waals surface area contributed by atoms with Crippen LogP contribution >= 0.6 is 0 Å². The minimum atomic E-state index is -0.657. The second-order valence-electron chi connectivity index (χ2n) is 5.18. The fourth-order valence-corrected chi connectivity index (χ4v) is 2.41. The number of aromatic nitrogens is 2. The van der Waals surface area contributed by atoms with Crippen LogP contribution in [-0.2, 0) is 18.9 Å². The van der Waals surface area contributed by atoms with Gasteiger partial charge in [-0.25, -0.2) is 4.79 Å². The number of carbonyl (C=O) groups is 2. The van der Waals surface area contributed by atoms with Crippen LogP contribution < -0.4 is 21.5 Å². The summed E-state index contributed by atoms with van der Waals surface area (Å²) in [7, 11) is 4.31. The summed E-state index contributed by atoms with van der Waals surface area (Å²) in [6.45, 7) is -0.310. The molecule has 0 atom stereocenters. The van der Waals surface area contributed by atoms with Crippen molar-refractivity contribution in [2.75, 3.05) is 23.8 Å². The van der Waals surface area contributed by atoms with Gasteiger partial charge in [0.15, 0.2) is 11.5 Å². The molecule has 24 heavy (non-hydrogen) atoms. The van der Waals surface area contributed by atoms with Gasteiger partial charge in [-0.2, -0.15) is 0 Å². The minimum Gasteiger partial charge on any atom is -0.373 e. The average molecular weight is 330 g/mol. The molecule has 1 N–H and O–H groups in total. The number of hydrogen-bond donors (Lipinski definition) is 1. The fraction of sp³-hybridized carbons (Fsp3) is 0.250. The van der Waals surface area contributed by atoms with Crippen molar-refractivity contribution in [3.8, 4) is 0 Å². The molecule has 0 fully saturated rings. The topological polar surface area (TPSA) is 93.4 Å². The lowest BCUT2D eigenvalue weighted by Gasteiger charge is -2.21. The number of anilines is 2. The third-order valence-corrected chi connectivity index (χ3v) is 3.70. The molecule has 8 nitrogen and oxygen atoms in total. The number of nitrogens with zero attached hydrogens (tertiary/aromatic N) is 3. The molecule has 0 aliphatic carbocycles. The van der Waals surface area contributed by atoms with Crippen LogP contribution in [0.2, 0.25) is 0 Å². The van der Waals surface area contributed by atoms with Crippen molar-refractivity contribution < 1.29 is 9.59 Å². The lowest BCUT2D eigenvalue weighted by Crippen LogP contribution is -2.43. The smallest absolute Gasteiger partial charge is 0.332 e. The fourth-order valence-electron chi connectivity index (χ4n) is 2.41. The van der Waals surface area contributed by atoms with Crippen LogP contribution in [0.15, 0.2) is 39.9 Å². The van der Waals surface area contributed by atoms with Crippen molar-refractivity contribution in [1.29, 1.82) is 0 Å². The molecule has 0 aliphatic rings. The van der Waals surface area contributed by atoms with Crippen LogP contribution in [0, 0.1) is 0 Å². The molecule has 0 bridgehead atoms. The lowest BCUT2D eigenvalue weighted by molar-refractivity contribution is -0.107. The second-order valence-corrected chi connectivity index (χ2v) is 5.18. The van der Waals surface area contributed by atoms with Crippen LogP contribution in [0.25, 0.3) is 0 Å². The number of nitrogens with one attached hydrogen (secondary N) is 1. The Labute approximate surface area is 137 Å². The monoisotopic (exact) mass is 330 g/mol. The molecule has 0 aliphatic heterocycles. The number of amides is 1. The van der Waals surface area contributed by atoms with Gasteiger partial charge in [0.05, 0.1) is 6.54 Å². The van der Waals surface area contributed by atoms with Crippen molar-refractivity contribution >= 4 is 23.7 Å². The molecule has 0 saturated carbocycles. The summed E-state index contributed by atoms with van der Waals surface area (Å²) < 4.78 is 2.10. The largest absolute Gasteiger partial charge is 0.373 e. The predicted molar refractivity (Wildman–Crippen MR) is 90.7 cm³/mol. The Hall–Kier alpha value is -3.16. The van der Waals surface area contributed by atoms with E-state index in [0.717, 1.165) is 9.47 Å². The van der Waals surface area contributed by atoms with Gasteiger partial charge in [-0.3, -0.25) is 28.4 Å². The number of hydrogen-bond acceptors (Lipinski definition) is 5. The SMILES string of the molecule is CNc1c(N(C=O)CC(=O)c2ccccc2)c(=O)n(C)c(=O)n1C. The Bertz CT molecular complexity index is 883. The molecule has 0 unspecified atom stereocenters. The van der Waals surface area contributed by atoms with E-state index in [9.17, 15) is 19.2 Å². The van der Waals surface area contributed by atoms with Gasteiger partial charge in [0.1, 0.15) is 5.82 Å². The average Bonchev–Trinajstić information content (AvgIpc) is 2.61. The highest BCUT2D eigenvalue weighted by Crippen LogP contribution is 2.18. The van der Waals surface area contributed by atoms with Crippen molar-refractivity contribution in [3.05, 3.63) is 56.7 Å². The molecule has 0 spiro atoms. The van der Waals surface area contributed by atoms with Crippen molar-refractivity contribution in [1.82, 2.24) is 9.13 Å². The number of rotatable bonds is 6. The van der Waals surface area contributed by atoms with Crippen LogP contribution in [0.4, 0.5) is 11.5 Å². The third-order valence-electron chi connectivity index (χ3n) is 3.70. The predicted octanol–water partition coefficient (Wildman–Crippen LogP) is -0.0286. The highest BCUT2D eigenvalue weighted by atomic mass is 16.2. The maximum absolute atomic E-state index is 12.4. The lowest BCUT2D eigenvalue weighted by atomic mass is 10.1. The normalized spacial score (nSPS) is 10.3. The molecular weight excluding hydrogens is 312 g/mol. The Kier molecular flexibility index (Phi) is 4.98. The van der Waals surface area contributed by atoms with Gasteiger partial charge in [-0.1, -0.05) is 30.3 Å². The molecule has 0 radical (unpaired) electrons. The first-order chi connectivity index (χ1) is 11.4. The van der Waals surface area contributed by atoms with E-state index in [1.807, 2.05) is 0 Å². The number of benzene rings is 1. The Morgan fingerprint density at radius 2 is 1.79 bits per heavy atom. The number of Topliss-reactive ketones (excluding diaryl/α,β-unsaturated/α-hetero) is 1. The zero-order valence-corrected chi connectivity index (χ0v) is 13.6. The van der Waals surface area contributed by atoms with E-state index in [-0.39, 0.29) is 23.8 Å². The third kappa shape index (κ3) is 2.98. The summed E-state index contributed by atoms with van der Waals surface area (Å²) in [4.78, 5) is 49.3. The maximum Gasteiger partial charge on any atom is 0.332 e. The van der Waals surface area contributed by atoms with E-state index in [1.165, 1.54) is 25.7 Å². The van der Waals surface area contributed by atoms with E-state index >= 15 is 0 Å². The van der Waals surface area contributed by atoms with E-state index < -0.39 is 11.2 Å². The van der Waals surface area contributed by atoms with Crippen LogP contribution in [-0.4, -0.2) is 34.9 Å². The van der Waals surface area contributed by atoms with Gasteiger partial charge in [0, 0.05) is 26.7 Å². The molecule has 126 valence electrons. The first kappa shape index (κ1) is 17.2. The summed E-state index contributed by atoms with van der Waals surface area (Å²) in [5.41, 5.74) is -0.817. The number of carbonyl (C=O) groups excluding carboxylic acids is 2. The highest BCUT2D eigenvalue weighted by molar-refractivity contribution is 6.02. The van der Waals surface area contributed by atoms with Gasteiger partial charge >= 0.3 is 5.69 Å². The van der Waals surface area contributed by atoms with E-state index in [4.69, 9.17) is 0 Å². The van der Waals surface area contributed by atoms with E-state index in [2.05, 4.69) is 5.32 Å². The van der Waals surface area contributed by atoms with Gasteiger partial charge in [-0.15, -0.1) is 0 Å². The summed E-state index contributed by atoms with van der Waals surface area (Å²) in [6.07, 6.45) is 0.406. The van der Waals surface area contributed by atoms with Crippen molar-refractivity contribution in [2.24, 2.45) is 14.1 Å². The van der Waals surface area contributed by atoms with Gasteiger partial charge in [0.2, 0.25) is 6.41 Å². The van der Waals surface area contributed by atoms with Crippen molar-refractivity contribution in [3.63, 3.8) is 0 Å². The summed E-state index contributed by atoms with van der Waals surface area (Å²) in [5, 5.41) is 2.74. The molecule has 8 heteroatoms. The zero-order chi connectivity index (χ0) is 17.9. The summed E-state index contributed by atoms with van der Waals surface area (Å²) in [6, 6.07) is 8.45.